The van der Waals surface area contributed by atoms with E-state index >= 15 is 0 Å². The molecule has 1 N–H and O–H groups in total. The van der Waals surface area contributed by atoms with Gasteiger partial charge in [-0.1, -0.05) is 0 Å². The predicted molar refractivity (Wildman–Crippen MR) is 120 cm³/mol. The van der Waals surface area contributed by atoms with Crippen LogP contribution in [0.15, 0.2) is 59.9 Å². The average molecular weight is 542 g/mol. The fraction of sp³-hybridized carbons (Fsp3) is 0.304. The number of aromatic nitrogens is 3. The number of benzene rings is 1. The molecule has 37 heavy (non-hydrogen) atoms. The summed E-state index contributed by atoms with van der Waals surface area (Å²) >= 11 is 0. The van der Waals surface area contributed by atoms with Gasteiger partial charge < -0.3 is 5.32 Å². The highest BCUT2D eigenvalue weighted by Crippen LogP contribution is 2.33. The lowest BCUT2D eigenvalue weighted by Crippen LogP contribution is -2.48. The first kappa shape index (κ1) is 26.5. The Bertz CT molecular complexity index is 1390. The van der Waals surface area contributed by atoms with Crippen LogP contribution < -0.4 is 5.32 Å². The van der Waals surface area contributed by atoms with E-state index in [1.54, 1.807) is 0 Å². The van der Waals surface area contributed by atoms with E-state index in [0.29, 0.717) is 11.3 Å². The average Bonchev–Trinajstić information content (AvgIpc) is 3.17. The zero-order chi connectivity index (χ0) is 27.0. The van der Waals surface area contributed by atoms with Gasteiger partial charge in [0.15, 0.2) is 0 Å². The molecule has 3 heterocycles. The quantitative estimate of drug-likeness (QED) is 0.479. The van der Waals surface area contributed by atoms with E-state index in [1.165, 1.54) is 25.3 Å². The van der Waals surface area contributed by atoms with Crippen LogP contribution in [0.5, 0.6) is 0 Å². The van der Waals surface area contributed by atoms with Gasteiger partial charge in [0.2, 0.25) is 21.8 Å². The Morgan fingerprint density at radius 3 is 2.35 bits per heavy atom. The molecule has 0 unspecified atom stereocenters. The van der Waals surface area contributed by atoms with Crippen LogP contribution in [0.3, 0.4) is 0 Å². The number of halogens is 5. The van der Waals surface area contributed by atoms with Crippen molar-refractivity contribution in [2.75, 3.05) is 0 Å². The van der Waals surface area contributed by atoms with E-state index in [2.05, 4.69) is 20.3 Å². The molecule has 3 atom stereocenters. The SMILES string of the molecule is C[C@H]1[C@H](F)C[C@@H](C(=O)NCc2cc(-c3cnc(C(F)(F)F)nc3)ccn2)N1S(=O)(=O)c1ccc(F)cc1. The number of sulfonamides is 1. The zero-order valence-electron chi connectivity index (χ0n) is 19.2. The second-order valence-corrected chi connectivity index (χ2v) is 10.2. The summed E-state index contributed by atoms with van der Waals surface area (Å²) in [5.41, 5.74) is 1.03. The molecule has 1 aliphatic heterocycles. The lowest BCUT2D eigenvalue weighted by atomic mass is 10.1. The minimum Gasteiger partial charge on any atom is -0.349 e. The molecule has 2 aromatic heterocycles. The molecule has 8 nitrogen and oxygen atoms in total. The van der Waals surface area contributed by atoms with Gasteiger partial charge in [0, 0.05) is 30.6 Å². The number of amides is 1. The van der Waals surface area contributed by atoms with Crippen LogP contribution in [-0.4, -0.2) is 51.8 Å². The number of hydrogen-bond acceptors (Lipinski definition) is 6. The number of carbonyl (C=O) groups is 1. The fourth-order valence-corrected chi connectivity index (χ4v) is 5.78. The first-order valence-electron chi connectivity index (χ1n) is 10.9. The van der Waals surface area contributed by atoms with Crippen molar-refractivity contribution in [3.05, 3.63) is 72.3 Å². The number of carbonyl (C=O) groups excluding carboxylic acids is 1. The highest BCUT2D eigenvalue weighted by atomic mass is 32.2. The van der Waals surface area contributed by atoms with Crippen LogP contribution >= 0.6 is 0 Å². The van der Waals surface area contributed by atoms with Crippen molar-refractivity contribution in [1.29, 1.82) is 0 Å². The number of rotatable bonds is 6. The maximum Gasteiger partial charge on any atom is 0.451 e. The van der Waals surface area contributed by atoms with E-state index in [-0.39, 0.29) is 23.4 Å². The number of nitrogens with zero attached hydrogens (tertiary/aromatic N) is 4. The first-order chi connectivity index (χ1) is 17.4. The molecule has 0 radical (unpaired) electrons. The molecule has 0 spiro atoms. The van der Waals surface area contributed by atoms with Crippen LogP contribution in [0.25, 0.3) is 11.1 Å². The normalized spacial score (nSPS) is 20.6. The molecular formula is C23H20F5N5O3S. The molecule has 1 aliphatic rings. The van der Waals surface area contributed by atoms with Gasteiger partial charge in [-0.2, -0.15) is 17.5 Å². The minimum absolute atomic E-state index is 0.166. The van der Waals surface area contributed by atoms with Gasteiger partial charge in [-0.25, -0.2) is 27.2 Å². The number of nitrogens with one attached hydrogen (secondary N) is 1. The summed E-state index contributed by atoms with van der Waals surface area (Å²) in [6.07, 6.45) is -3.27. The Kier molecular flexibility index (Phi) is 7.24. The minimum atomic E-state index is -4.68. The lowest BCUT2D eigenvalue weighted by molar-refractivity contribution is -0.145. The molecule has 0 bridgehead atoms. The summed E-state index contributed by atoms with van der Waals surface area (Å²) in [6, 6.07) is 4.51. The Morgan fingerprint density at radius 2 is 1.73 bits per heavy atom. The van der Waals surface area contributed by atoms with Crippen LogP contribution in [-0.2, 0) is 27.5 Å². The van der Waals surface area contributed by atoms with Crippen molar-refractivity contribution in [3.63, 3.8) is 0 Å². The maximum absolute atomic E-state index is 14.6. The van der Waals surface area contributed by atoms with Crippen molar-refractivity contribution >= 4 is 15.9 Å². The maximum atomic E-state index is 14.6. The summed E-state index contributed by atoms with van der Waals surface area (Å²) in [4.78, 5) is 23.4. The van der Waals surface area contributed by atoms with E-state index < -0.39 is 52.0 Å². The molecule has 196 valence electrons. The lowest BCUT2D eigenvalue weighted by Gasteiger charge is -2.26. The van der Waals surface area contributed by atoms with E-state index in [4.69, 9.17) is 0 Å². The van der Waals surface area contributed by atoms with Gasteiger partial charge in [0.25, 0.3) is 0 Å². The predicted octanol–water partition coefficient (Wildman–Crippen LogP) is 3.50. The smallest absolute Gasteiger partial charge is 0.349 e. The molecule has 0 aliphatic carbocycles. The van der Waals surface area contributed by atoms with Crippen molar-refractivity contribution in [1.82, 2.24) is 24.6 Å². The van der Waals surface area contributed by atoms with Gasteiger partial charge in [-0.3, -0.25) is 9.78 Å². The third kappa shape index (κ3) is 5.59. The Labute approximate surface area is 208 Å². The topological polar surface area (TPSA) is 105 Å². The Morgan fingerprint density at radius 1 is 1.08 bits per heavy atom. The van der Waals surface area contributed by atoms with Crippen LogP contribution in [0.2, 0.25) is 0 Å². The summed E-state index contributed by atoms with van der Waals surface area (Å²) in [5.74, 6) is -2.69. The molecule has 1 saturated heterocycles. The van der Waals surface area contributed by atoms with Gasteiger partial charge >= 0.3 is 6.18 Å². The highest BCUT2D eigenvalue weighted by molar-refractivity contribution is 7.89. The third-order valence-corrected chi connectivity index (χ3v) is 7.88. The molecule has 1 amide bonds. The van der Waals surface area contributed by atoms with E-state index in [1.807, 2.05) is 0 Å². The second-order valence-electron chi connectivity index (χ2n) is 8.34. The molecular weight excluding hydrogens is 521 g/mol. The Balaban J connectivity index is 1.49. The van der Waals surface area contributed by atoms with Crippen LogP contribution in [0, 0.1) is 5.82 Å². The summed E-state index contributed by atoms with van der Waals surface area (Å²) in [7, 11) is -4.32. The standard InChI is InChI=1S/C23H20F5N5O3S/c1-13-19(25)9-20(33(13)37(35,36)18-4-2-16(24)3-5-18)21(34)30-12-17-8-14(6-7-29-17)15-10-31-22(32-11-15)23(26,27)28/h2-8,10-11,13,19-20H,9,12H2,1H3,(H,30,34)/t13-,19+,20-/m0/s1. The summed E-state index contributed by atoms with van der Waals surface area (Å²) < 4.78 is 93.0. The van der Waals surface area contributed by atoms with Gasteiger partial charge in [0.1, 0.15) is 18.0 Å². The van der Waals surface area contributed by atoms with E-state index in [0.717, 1.165) is 41.0 Å². The van der Waals surface area contributed by atoms with Crippen LogP contribution in [0.4, 0.5) is 22.0 Å². The zero-order valence-corrected chi connectivity index (χ0v) is 20.0. The van der Waals surface area contributed by atoms with Crippen molar-refractivity contribution < 1.29 is 35.2 Å². The highest BCUT2D eigenvalue weighted by Gasteiger charge is 2.49. The monoisotopic (exact) mass is 541 g/mol. The molecule has 14 heteroatoms. The molecule has 0 saturated carbocycles. The van der Waals surface area contributed by atoms with Crippen molar-refractivity contribution in [3.8, 4) is 11.1 Å². The first-order valence-corrected chi connectivity index (χ1v) is 12.4. The third-order valence-electron chi connectivity index (χ3n) is 5.87. The number of alkyl halides is 4. The van der Waals surface area contributed by atoms with Crippen molar-refractivity contribution in [2.24, 2.45) is 0 Å². The van der Waals surface area contributed by atoms with Crippen LogP contribution in [0.1, 0.15) is 24.9 Å². The molecule has 3 aromatic rings. The van der Waals surface area contributed by atoms with Gasteiger partial charge in [-0.15, -0.1) is 0 Å². The van der Waals surface area contributed by atoms with Crippen molar-refractivity contribution in [2.45, 2.75) is 49.2 Å². The molecule has 1 aromatic carbocycles. The molecule has 4 rings (SSSR count). The Hall–Kier alpha value is -3.52. The molecule has 1 fully saturated rings. The van der Waals surface area contributed by atoms with E-state index in [9.17, 15) is 35.2 Å². The number of hydrogen-bond donors (Lipinski definition) is 1. The fourth-order valence-electron chi connectivity index (χ4n) is 3.97. The van der Waals surface area contributed by atoms with Gasteiger partial charge in [0.05, 0.1) is 23.2 Å². The van der Waals surface area contributed by atoms with Gasteiger partial charge in [-0.05, 0) is 48.9 Å². The largest absolute Gasteiger partial charge is 0.451 e. The summed E-state index contributed by atoms with van der Waals surface area (Å²) in [5, 5.41) is 2.54. The summed E-state index contributed by atoms with van der Waals surface area (Å²) in [6.45, 7) is 1.18. The number of pyridine rings is 1. The second kappa shape index (κ2) is 10.1.